The van der Waals surface area contributed by atoms with Gasteiger partial charge in [-0.25, -0.2) is 0 Å². The van der Waals surface area contributed by atoms with E-state index in [1.165, 1.54) is 25.7 Å². The lowest BCUT2D eigenvalue weighted by Gasteiger charge is -2.27. The highest BCUT2D eigenvalue weighted by Gasteiger charge is 2.43. The second kappa shape index (κ2) is 3.00. The van der Waals surface area contributed by atoms with Crippen LogP contribution in [0, 0.1) is 29.1 Å². The second-order valence-corrected chi connectivity index (χ2v) is 6.63. The molecule has 2 saturated carbocycles. The first-order valence-corrected chi connectivity index (χ1v) is 5.97. The molecule has 2 aliphatic rings. The zero-order valence-electron chi connectivity index (χ0n) is 9.64. The van der Waals surface area contributed by atoms with E-state index in [2.05, 4.69) is 27.7 Å². The molecule has 0 aromatic heterocycles. The van der Waals surface area contributed by atoms with Gasteiger partial charge in [0, 0.05) is 0 Å². The molecule has 2 atom stereocenters. The molecule has 2 fully saturated rings. The fraction of sp³-hybridized carbons (Fsp3) is 1.00. The molecule has 0 radical (unpaired) electrons. The van der Waals surface area contributed by atoms with Crippen molar-refractivity contribution >= 4 is 0 Å². The van der Waals surface area contributed by atoms with E-state index in [9.17, 15) is 0 Å². The topological polar surface area (TPSA) is 0 Å². The van der Waals surface area contributed by atoms with Crippen molar-refractivity contribution in [2.45, 2.75) is 53.4 Å². The summed E-state index contributed by atoms with van der Waals surface area (Å²) < 4.78 is 0. The molecule has 13 heavy (non-hydrogen) atoms. The molecule has 0 bridgehead atoms. The lowest BCUT2D eigenvalue weighted by Crippen LogP contribution is -2.18. The zero-order valence-corrected chi connectivity index (χ0v) is 9.64. The molecule has 0 saturated heterocycles. The molecule has 2 aliphatic carbocycles. The maximum atomic E-state index is 2.43. The Bertz CT molecular complexity index is 173. The molecular weight excluding hydrogens is 156 g/mol. The fourth-order valence-corrected chi connectivity index (χ4v) is 3.63. The average molecular weight is 180 g/mol. The Balaban J connectivity index is 1.98. The van der Waals surface area contributed by atoms with Crippen LogP contribution in [-0.4, -0.2) is 0 Å². The van der Waals surface area contributed by atoms with Crippen molar-refractivity contribution in [2.75, 3.05) is 0 Å². The third-order valence-corrected chi connectivity index (χ3v) is 4.48. The third-order valence-electron chi connectivity index (χ3n) is 4.48. The summed E-state index contributed by atoms with van der Waals surface area (Å²) in [6.45, 7) is 9.69. The van der Waals surface area contributed by atoms with Crippen LogP contribution in [0.3, 0.4) is 0 Å². The van der Waals surface area contributed by atoms with Gasteiger partial charge in [-0.15, -0.1) is 0 Å². The summed E-state index contributed by atoms with van der Waals surface area (Å²) in [6.07, 6.45) is 6.10. The Morgan fingerprint density at radius 3 is 1.69 bits per heavy atom. The molecule has 0 aromatic carbocycles. The van der Waals surface area contributed by atoms with Gasteiger partial charge in [-0.2, -0.15) is 0 Å². The molecular formula is C13H24. The average Bonchev–Trinajstić information content (AvgIpc) is 2.40. The van der Waals surface area contributed by atoms with E-state index in [-0.39, 0.29) is 0 Å². The molecule has 76 valence electrons. The first kappa shape index (κ1) is 9.55. The maximum Gasteiger partial charge on any atom is -0.0354 e. The van der Waals surface area contributed by atoms with Gasteiger partial charge in [0.25, 0.3) is 0 Å². The Hall–Kier alpha value is 0. The molecule has 0 heterocycles. The summed E-state index contributed by atoms with van der Waals surface area (Å²) in [5.41, 5.74) is 0.563. The molecule has 0 spiro atoms. The Morgan fingerprint density at radius 1 is 0.846 bits per heavy atom. The molecule has 0 aromatic rings. The number of rotatable bonds is 0. The highest BCUT2D eigenvalue weighted by atomic mass is 14.5. The summed E-state index contributed by atoms with van der Waals surface area (Å²) in [4.78, 5) is 0. The van der Waals surface area contributed by atoms with Gasteiger partial charge in [0.15, 0.2) is 0 Å². The van der Waals surface area contributed by atoms with Gasteiger partial charge >= 0.3 is 0 Å². The van der Waals surface area contributed by atoms with Crippen molar-refractivity contribution < 1.29 is 0 Å². The first-order chi connectivity index (χ1) is 5.97. The SMILES string of the molecule is CC1CC2CC(C(C)(C)C)CC2C1. The number of hydrogen-bond donors (Lipinski definition) is 0. The maximum absolute atomic E-state index is 2.43. The molecule has 0 aliphatic heterocycles. The van der Waals surface area contributed by atoms with Crippen LogP contribution in [0.15, 0.2) is 0 Å². The van der Waals surface area contributed by atoms with E-state index in [0.29, 0.717) is 5.41 Å². The molecule has 0 nitrogen and oxygen atoms in total. The molecule has 2 rings (SSSR count). The van der Waals surface area contributed by atoms with Gasteiger partial charge in [-0.3, -0.25) is 0 Å². The van der Waals surface area contributed by atoms with Gasteiger partial charge in [-0.05, 0) is 54.8 Å². The van der Waals surface area contributed by atoms with Crippen molar-refractivity contribution in [3.05, 3.63) is 0 Å². The first-order valence-electron chi connectivity index (χ1n) is 5.97. The summed E-state index contributed by atoms with van der Waals surface area (Å²) >= 11 is 0. The van der Waals surface area contributed by atoms with Gasteiger partial charge in [-0.1, -0.05) is 27.7 Å². The van der Waals surface area contributed by atoms with Crippen LogP contribution in [0.5, 0.6) is 0 Å². The van der Waals surface area contributed by atoms with Crippen molar-refractivity contribution in [3.8, 4) is 0 Å². The van der Waals surface area contributed by atoms with E-state index in [1.807, 2.05) is 0 Å². The molecule has 0 heteroatoms. The zero-order chi connectivity index (χ0) is 9.64. The largest absolute Gasteiger partial charge is 0.0625 e. The number of hydrogen-bond acceptors (Lipinski definition) is 0. The lowest BCUT2D eigenvalue weighted by molar-refractivity contribution is 0.228. The van der Waals surface area contributed by atoms with E-state index in [4.69, 9.17) is 0 Å². The Kier molecular flexibility index (Phi) is 2.20. The van der Waals surface area contributed by atoms with Crippen LogP contribution in [-0.2, 0) is 0 Å². The monoisotopic (exact) mass is 180 g/mol. The van der Waals surface area contributed by atoms with Crippen molar-refractivity contribution in [1.29, 1.82) is 0 Å². The van der Waals surface area contributed by atoms with Gasteiger partial charge in [0.05, 0.1) is 0 Å². The Morgan fingerprint density at radius 2 is 1.31 bits per heavy atom. The van der Waals surface area contributed by atoms with Gasteiger partial charge < -0.3 is 0 Å². The van der Waals surface area contributed by atoms with Gasteiger partial charge in [0.2, 0.25) is 0 Å². The van der Waals surface area contributed by atoms with E-state index >= 15 is 0 Å². The van der Waals surface area contributed by atoms with Crippen LogP contribution < -0.4 is 0 Å². The van der Waals surface area contributed by atoms with Crippen molar-refractivity contribution in [1.82, 2.24) is 0 Å². The highest BCUT2D eigenvalue weighted by Crippen LogP contribution is 2.53. The van der Waals surface area contributed by atoms with E-state index in [0.717, 1.165) is 23.7 Å². The summed E-state index contributed by atoms with van der Waals surface area (Å²) in [7, 11) is 0. The minimum Gasteiger partial charge on any atom is -0.0625 e. The van der Waals surface area contributed by atoms with Crippen molar-refractivity contribution in [2.24, 2.45) is 29.1 Å². The highest BCUT2D eigenvalue weighted by molar-refractivity contribution is 4.93. The smallest absolute Gasteiger partial charge is 0.0354 e. The van der Waals surface area contributed by atoms with Crippen LogP contribution >= 0.6 is 0 Å². The summed E-state index contributed by atoms with van der Waals surface area (Å²) in [5.74, 6) is 4.23. The minimum atomic E-state index is 0.563. The molecule has 2 unspecified atom stereocenters. The third kappa shape index (κ3) is 1.78. The lowest BCUT2D eigenvalue weighted by atomic mass is 9.78. The Labute approximate surface area is 83.1 Å². The van der Waals surface area contributed by atoms with E-state index < -0.39 is 0 Å². The van der Waals surface area contributed by atoms with E-state index in [1.54, 1.807) is 0 Å². The number of fused-ring (bicyclic) bond motifs is 1. The normalized spacial score (nSPS) is 45.2. The summed E-state index contributed by atoms with van der Waals surface area (Å²) in [5, 5.41) is 0. The molecule has 0 amide bonds. The van der Waals surface area contributed by atoms with Gasteiger partial charge in [0.1, 0.15) is 0 Å². The standard InChI is InChI=1S/C13H24/c1-9-5-10-7-12(13(2,3)4)8-11(10)6-9/h9-12H,5-8H2,1-4H3. The van der Waals surface area contributed by atoms with Crippen LogP contribution in [0.1, 0.15) is 53.4 Å². The predicted octanol–water partition coefficient (Wildman–Crippen LogP) is 4.10. The predicted molar refractivity (Wildman–Crippen MR) is 57.6 cm³/mol. The van der Waals surface area contributed by atoms with Crippen molar-refractivity contribution in [3.63, 3.8) is 0 Å². The van der Waals surface area contributed by atoms with Crippen LogP contribution in [0.25, 0.3) is 0 Å². The quantitative estimate of drug-likeness (QED) is 0.526. The fourth-order valence-electron chi connectivity index (χ4n) is 3.63. The minimum absolute atomic E-state index is 0.563. The second-order valence-electron chi connectivity index (χ2n) is 6.63. The van der Waals surface area contributed by atoms with Crippen LogP contribution in [0.2, 0.25) is 0 Å². The molecule has 0 N–H and O–H groups in total. The van der Waals surface area contributed by atoms with Crippen LogP contribution in [0.4, 0.5) is 0 Å². The summed E-state index contributed by atoms with van der Waals surface area (Å²) in [6, 6.07) is 0.